The van der Waals surface area contributed by atoms with Gasteiger partial charge in [0.1, 0.15) is 5.56 Å². The lowest BCUT2D eigenvalue weighted by molar-refractivity contribution is 0.0694. The van der Waals surface area contributed by atoms with Gasteiger partial charge in [-0.3, -0.25) is 9.59 Å². The molecule has 0 saturated heterocycles. The fraction of sp³-hybridized carbons (Fsp3) is 0.353. The third-order valence-corrected chi connectivity index (χ3v) is 4.81. The van der Waals surface area contributed by atoms with Crippen LogP contribution in [0.5, 0.6) is 0 Å². The molecule has 5 heteroatoms. The summed E-state index contributed by atoms with van der Waals surface area (Å²) in [6.07, 6.45) is 1.69. The van der Waals surface area contributed by atoms with Gasteiger partial charge in [0, 0.05) is 24.2 Å². The van der Waals surface area contributed by atoms with Gasteiger partial charge in [0.25, 0.3) is 0 Å². The normalized spacial score (nSPS) is 17.1. The topological polar surface area (TPSA) is 76.4 Å². The van der Waals surface area contributed by atoms with E-state index in [1.807, 2.05) is 27.7 Å². The van der Waals surface area contributed by atoms with Crippen LogP contribution in [0, 0.1) is 20.8 Å². The maximum absolute atomic E-state index is 12.6. The van der Waals surface area contributed by atoms with Crippen molar-refractivity contribution in [2.24, 2.45) is 0 Å². The van der Waals surface area contributed by atoms with Crippen molar-refractivity contribution in [3.05, 3.63) is 44.2 Å². The molecule has 1 aliphatic rings. The summed E-state index contributed by atoms with van der Waals surface area (Å²) in [5, 5.41) is 9.66. The van der Waals surface area contributed by atoms with Crippen LogP contribution in [-0.4, -0.2) is 21.4 Å². The lowest BCUT2D eigenvalue weighted by Gasteiger charge is -2.28. The average molecular weight is 299 g/mol. The highest BCUT2D eigenvalue weighted by atomic mass is 16.4. The molecule has 22 heavy (non-hydrogen) atoms. The number of hydrogen-bond acceptors (Lipinski definition) is 3. The number of rotatable bonds is 1. The number of carboxylic acids is 1. The predicted molar refractivity (Wildman–Crippen MR) is 83.0 cm³/mol. The van der Waals surface area contributed by atoms with E-state index in [1.165, 1.54) is 6.20 Å². The molecular weight excluding hydrogens is 282 g/mol. The molecule has 2 heterocycles. The molecule has 1 aromatic carbocycles. The highest BCUT2D eigenvalue weighted by Crippen LogP contribution is 2.35. The van der Waals surface area contributed by atoms with E-state index in [1.54, 1.807) is 4.57 Å². The van der Waals surface area contributed by atoms with Crippen molar-refractivity contribution in [3.8, 4) is 0 Å². The highest BCUT2D eigenvalue weighted by Gasteiger charge is 2.30. The van der Waals surface area contributed by atoms with Gasteiger partial charge < -0.3 is 9.67 Å². The van der Waals surface area contributed by atoms with Crippen LogP contribution in [0.1, 0.15) is 56.8 Å². The molecule has 114 valence electrons. The number of benzene rings is 1. The van der Waals surface area contributed by atoms with Gasteiger partial charge in [-0.25, -0.2) is 4.79 Å². The summed E-state index contributed by atoms with van der Waals surface area (Å²) in [6.45, 7) is 7.41. The van der Waals surface area contributed by atoms with Crippen molar-refractivity contribution in [3.63, 3.8) is 0 Å². The number of carbonyl (C=O) groups is 2. The second kappa shape index (κ2) is 4.53. The first kappa shape index (κ1) is 14.5. The number of hydrogen-bond donors (Lipinski definition) is 1. The monoisotopic (exact) mass is 299 g/mol. The quantitative estimate of drug-likeness (QED) is 0.878. The first-order valence-electron chi connectivity index (χ1n) is 7.20. The van der Waals surface area contributed by atoms with E-state index in [4.69, 9.17) is 0 Å². The van der Waals surface area contributed by atoms with Crippen LogP contribution in [0.3, 0.4) is 0 Å². The molecular formula is C17H17NO4. The number of aromatic carboxylic acids is 1. The Bertz CT molecular complexity index is 921. The molecule has 1 aromatic heterocycles. The van der Waals surface area contributed by atoms with E-state index in [2.05, 4.69) is 0 Å². The number of pyridine rings is 1. The molecule has 3 rings (SSSR count). The molecule has 0 saturated carbocycles. The average Bonchev–Trinajstić information content (AvgIpc) is 2.43. The van der Waals surface area contributed by atoms with Crippen molar-refractivity contribution in [2.45, 2.75) is 40.2 Å². The number of aryl methyl sites for hydroxylation is 1. The third kappa shape index (κ3) is 1.68. The van der Waals surface area contributed by atoms with E-state index in [9.17, 15) is 19.5 Å². The highest BCUT2D eigenvalue weighted by molar-refractivity contribution is 6.11. The zero-order valence-corrected chi connectivity index (χ0v) is 13.0. The summed E-state index contributed by atoms with van der Waals surface area (Å²) in [4.78, 5) is 36.5. The lowest BCUT2D eigenvalue weighted by atomic mass is 9.86. The molecule has 0 radical (unpaired) electrons. The molecule has 1 unspecified atom stereocenters. The number of Topliss-reactive ketones (excluding diaryl/α,β-unsaturated/α-hetero) is 1. The van der Waals surface area contributed by atoms with Crippen LogP contribution in [-0.2, 0) is 0 Å². The van der Waals surface area contributed by atoms with Crippen LogP contribution in [0.25, 0.3) is 10.9 Å². The van der Waals surface area contributed by atoms with Gasteiger partial charge >= 0.3 is 5.97 Å². The Kier molecular flexibility index (Phi) is 2.99. The zero-order valence-electron chi connectivity index (χ0n) is 13.0. The Hall–Kier alpha value is -2.43. The van der Waals surface area contributed by atoms with Crippen molar-refractivity contribution in [1.29, 1.82) is 0 Å². The number of nitrogens with zero attached hydrogens (tertiary/aromatic N) is 1. The number of ketones is 1. The van der Waals surface area contributed by atoms with Crippen molar-refractivity contribution >= 4 is 22.7 Å². The third-order valence-electron chi connectivity index (χ3n) is 4.81. The predicted octanol–water partition coefficient (Wildman–Crippen LogP) is 2.77. The van der Waals surface area contributed by atoms with Crippen LogP contribution < -0.4 is 5.43 Å². The summed E-state index contributed by atoms with van der Waals surface area (Å²) >= 11 is 0. The minimum absolute atomic E-state index is 0.0144. The first-order valence-corrected chi connectivity index (χ1v) is 7.20. The van der Waals surface area contributed by atoms with Crippen LogP contribution >= 0.6 is 0 Å². The Balaban J connectivity index is 2.69. The smallest absolute Gasteiger partial charge is 0.341 e. The standard InChI is InChI=1S/C17H17NO4/c1-7-5-12(19)13-9(3)8(2)10(4)14-15(13)18(7)6-11(16(14)20)17(21)22/h6-7H,5H2,1-4H3,(H,21,22). The summed E-state index contributed by atoms with van der Waals surface area (Å²) in [5.74, 6) is -1.22. The maximum atomic E-state index is 12.6. The molecule has 1 aliphatic heterocycles. The molecule has 1 N–H and O–H groups in total. The summed E-state index contributed by atoms with van der Waals surface area (Å²) < 4.78 is 1.77. The number of carbonyl (C=O) groups excluding carboxylic acids is 1. The molecule has 2 aromatic rings. The molecule has 1 atom stereocenters. The van der Waals surface area contributed by atoms with Gasteiger partial charge in [0.2, 0.25) is 5.43 Å². The minimum Gasteiger partial charge on any atom is -0.477 e. The van der Waals surface area contributed by atoms with Gasteiger partial charge in [-0.05, 0) is 44.4 Å². The Labute approximate surface area is 127 Å². The Morgan fingerprint density at radius 1 is 1.18 bits per heavy atom. The summed E-state index contributed by atoms with van der Waals surface area (Å²) in [6, 6.07) is -0.164. The van der Waals surface area contributed by atoms with E-state index in [0.29, 0.717) is 22.9 Å². The van der Waals surface area contributed by atoms with E-state index in [0.717, 1.165) is 16.7 Å². The van der Waals surface area contributed by atoms with Crippen molar-refractivity contribution < 1.29 is 14.7 Å². The van der Waals surface area contributed by atoms with Gasteiger partial charge in [0.05, 0.1) is 10.9 Å². The molecule has 0 spiro atoms. The largest absolute Gasteiger partial charge is 0.477 e. The van der Waals surface area contributed by atoms with Crippen molar-refractivity contribution in [2.75, 3.05) is 0 Å². The van der Waals surface area contributed by atoms with Crippen LogP contribution in [0.15, 0.2) is 11.0 Å². The van der Waals surface area contributed by atoms with Gasteiger partial charge in [-0.15, -0.1) is 0 Å². The maximum Gasteiger partial charge on any atom is 0.341 e. The van der Waals surface area contributed by atoms with E-state index < -0.39 is 11.4 Å². The molecule has 0 fully saturated rings. The van der Waals surface area contributed by atoms with Gasteiger partial charge in [-0.1, -0.05) is 0 Å². The molecule has 0 aliphatic carbocycles. The van der Waals surface area contributed by atoms with Crippen LogP contribution in [0.2, 0.25) is 0 Å². The summed E-state index contributed by atoms with van der Waals surface area (Å²) in [5.41, 5.74) is 2.88. The first-order chi connectivity index (χ1) is 10.3. The van der Waals surface area contributed by atoms with E-state index >= 15 is 0 Å². The van der Waals surface area contributed by atoms with E-state index in [-0.39, 0.29) is 17.4 Å². The molecule has 0 bridgehead atoms. The molecule has 5 nitrogen and oxygen atoms in total. The second-order valence-electron chi connectivity index (χ2n) is 6.03. The minimum atomic E-state index is -1.24. The fourth-order valence-electron chi connectivity index (χ4n) is 3.38. The molecule has 0 amide bonds. The lowest BCUT2D eigenvalue weighted by Crippen LogP contribution is -2.28. The van der Waals surface area contributed by atoms with Gasteiger partial charge in [-0.2, -0.15) is 0 Å². The number of carboxylic acid groups (broad SMARTS) is 1. The SMILES string of the molecule is Cc1c(C)c2c3c(c1C)c(=O)c(C(=O)O)cn3C(C)CC2=O. The Morgan fingerprint density at radius 2 is 1.82 bits per heavy atom. The second-order valence-corrected chi connectivity index (χ2v) is 6.03. The Morgan fingerprint density at radius 3 is 2.41 bits per heavy atom. The zero-order chi connectivity index (χ0) is 16.3. The fourth-order valence-corrected chi connectivity index (χ4v) is 3.38. The van der Waals surface area contributed by atoms with Crippen LogP contribution in [0.4, 0.5) is 0 Å². The van der Waals surface area contributed by atoms with Gasteiger partial charge in [0.15, 0.2) is 5.78 Å². The summed E-state index contributed by atoms with van der Waals surface area (Å²) in [7, 11) is 0. The number of aromatic nitrogens is 1. The van der Waals surface area contributed by atoms with Crippen molar-refractivity contribution in [1.82, 2.24) is 4.57 Å².